The number of rotatable bonds is 8. The van der Waals surface area contributed by atoms with Crippen LogP contribution in [0.5, 0.6) is 11.5 Å². The van der Waals surface area contributed by atoms with E-state index in [0.29, 0.717) is 12.0 Å². The van der Waals surface area contributed by atoms with Gasteiger partial charge in [-0.05, 0) is 53.0 Å². The van der Waals surface area contributed by atoms with Crippen LogP contribution in [0.1, 0.15) is 50.0 Å². The van der Waals surface area contributed by atoms with Crippen molar-refractivity contribution in [1.82, 2.24) is 0 Å². The smallest absolute Gasteiger partial charge is 0.165 e. The van der Waals surface area contributed by atoms with E-state index in [0.717, 1.165) is 23.0 Å². The quantitative estimate of drug-likeness (QED) is 0.569. The van der Waals surface area contributed by atoms with Gasteiger partial charge in [0, 0.05) is 12.8 Å². The van der Waals surface area contributed by atoms with E-state index in [1.807, 2.05) is 26.0 Å². The van der Waals surface area contributed by atoms with Gasteiger partial charge in [-0.25, -0.2) is 4.39 Å². The first-order valence-corrected chi connectivity index (χ1v) is 9.24. The minimum atomic E-state index is -0.900. The highest BCUT2D eigenvalue weighted by Crippen LogP contribution is 2.27. The Morgan fingerprint density at radius 2 is 1.71 bits per heavy atom. The van der Waals surface area contributed by atoms with Crippen molar-refractivity contribution >= 4 is 0 Å². The lowest BCUT2D eigenvalue weighted by Gasteiger charge is -2.15. The fourth-order valence-corrected chi connectivity index (χ4v) is 2.78. The van der Waals surface area contributed by atoms with E-state index < -0.39 is 23.8 Å². The summed E-state index contributed by atoms with van der Waals surface area (Å²) < 4.78 is 18.6. The summed E-state index contributed by atoms with van der Waals surface area (Å²) in [5.74, 6) is -0.301. The SMILES string of the molecule is COc1ccc([C@H](O)CC(=C=CC[C@@H](O)c2ccc(O)c(F)c2)C(C)C)cc1. The molecule has 28 heavy (non-hydrogen) atoms. The predicted octanol–water partition coefficient (Wildman–Crippen LogP) is 4.82. The highest BCUT2D eigenvalue weighted by molar-refractivity contribution is 5.30. The van der Waals surface area contributed by atoms with Crippen molar-refractivity contribution in [1.29, 1.82) is 0 Å². The fraction of sp³-hybridized carbons (Fsp3) is 0.348. The number of ether oxygens (including phenoxy) is 1. The Morgan fingerprint density at radius 1 is 1.07 bits per heavy atom. The normalized spacial score (nSPS) is 13.0. The predicted molar refractivity (Wildman–Crippen MR) is 107 cm³/mol. The number of aliphatic hydroxyl groups is 2. The van der Waals surface area contributed by atoms with Crippen LogP contribution in [0.2, 0.25) is 0 Å². The molecule has 3 N–H and O–H groups in total. The Morgan fingerprint density at radius 3 is 2.29 bits per heavy atom. The minimum absolute atomic E-state index is 0.174. The average molecular weight is 386 g/mol. The number of halogens is 1. The van der Waals surface area contributed by atoms with Gasteiger partial charge in [-0.15, -0.1) is 5.73 Å². The molecule has 0 aromatic heterocycles. The third-order valence-corrected chi connectivity index (χ3v) is 4.60. The van der Waals surface area contributed by atoms with Gasteiger partial charge in [0.1, 0.15) is 5.75 Å². The number of phenols is 1. The molecule has 2 aromatic carbocycles. The van der Waals surface area contributed by atoms with Gasteiger partial charge in [0.2, 0.25) is 0 Å². The molecule has 0 amide bonds. The van der Waals surface area contributed by atoms with Crippen molar-refractivity contribution in [3.8, 4) is 11.5 Å². The van der Waals surface area contributed by atoms with E-state index in [1.54, 1.807) is 25.3 Å². The number of benzene rings is 2. The Balaban J connectivity index is 2.08. The van der Waals surface area contributed by atoms with Crippen molar-refractivity contribution in [2.75, 3.05) is 7.11 Å². The molecule has 0 aliphatic carbocycles. The van der Waals surface area contributed by atoms with E-state index in [9.17, 15) is 19.7 Å². The average Bonchev–Trinajstić information content (AvgIpc) is 2.68. The zero-order valence-corrected chi connectivity index (χ0v) is 16.4. The molecule has 2 aromatic rings. The first-order chi connectivity index (χ1) is 13.3. The van der Waals surface area contributed by atoms with E-state index >= 15 is 0 Å². The molecule has 0 heterocycles. The van der Waals surface area contributed by atoms with Gasteiger partial charge in [0.05, 0.1) is 19.3 Å². The first-order valence-electron chi connectivity index (χ1n) is 9.24. The number of phenolic OH excluding ortho intramolecular Hbond substituents is 1. The number of methoxy groups -OCH3 is 1. The molecule has 2 rings (SSSR count). The standard InChI is InChI=1S/C23H27FO4/c1-15(2)17(14-23(27)16-7-10-19(28-3)11-8-16)5-4-6-21(25)18-9-12-22(26)20(24)13-18/h4,7-13,15,21,23,25-27H,6,14H2,1-3H3/t5?,21-,23-/m1/s1. The molecule has 0 bridgehead atoms. The lowest BCUT2D eigenvalue weighted by Crippen LogP contribution is -2.03. The summed E-state index contributed by atoms with van der Waals surface area (Å²) >= 11 is 0. The van der Waals surface area contributed by atoms with Gasteiger partial charge in [-0.3, -0.25) is 0 Å². The second-order valence-electron chi connectivity index (χ2n) is 6.98. The number of hydrogen-bond acceptors (Lipinski definition) is 4. The Hall–Kier alpha value is -2.59. The van der Waals surface area contributed by atoms with Crippen LogP contribution in [0.4, 0.5) is 4.39 Å². The summed E-state index contributed by atoms with van der Waals surface area (Å²) in [5.41, 5.74) is 5.28. The lowest BCUT2D eigenvalue weighted by atomic mass is 9.94. The molecule has 0 spiro atoms. The molecule has 0 fully saturated rings. The van der Waals surface area contributed by atoms with Gasteiger partial charge in [-0.2, -0.15) is 0 Å². The summed E-state index contributed by atoms with van der Waals surface area (Å²) in [5, 5.41) is 30.0. The number of aromatic hydroxyl groups is 1. The maximum Gasteiger partial charge on any atom is 0.165 e. The molecule has 5 heteroatoms. The molecule has 0 saturated heterocycles. The Bertz CT molecular complexity index is 836. The van der Waals surface area contributed by atoms with Gasteiger partial charge in [-0.1, -0.05) is 32.0 Å². The molecule has 150 valence electrons. The maximum atomic E-state index is 13.4. The van der Waals surface area contributed by atoms with Crippen molar-refractivity contribution in [2.45, 2.75) is 38.9 Å². The molecule has 0 unspecified atom stereocenters. The van der Waals surface area contributed by atoms with Gasteiger partial charge < -0.3 is 20.1 Å². The molecule has 4 nitrogen and oxygen atoms in total. The van der Waals surface area contributed by atoms with E-state index in [2.05, 4.69) is 5.73 Å². The first kappa shape index (κ1) is 21.7. The largest absolute Gasteiger partial charge is 0.505 e. The van der Waals surface area contributed by atoms with Crippen molar-refractivity contribution < 1.29 is 24.4 Å². The van der Waals surface area contributed by atoms with Gasteiger partial charge in [0.15, 0.2) is 11.6 Å². The van der Waals surface area contributed by atoms with Crippen LogP contribution in [-0.4, -0.2) is 22.4 Å². The van der Waals surface area contributed by atoms with Crippen molar-refractivity contribution in [2.24, 2.45) is 5.92 Å². The van der Waals surface area contributed by atoms with Crippen LogP contribution >= 0.6 is 0 Å². The van der Waals surface area contributed by atoms with E-state index in [-0.39, 0.29) is 12.3 Å². The lowest BCUT2D eigenvalue weighted by molar-refractivity contribution is 0.175. The van der Waals surface area contributed by atoms with E-state index in [4.69, 9.17) is 4.74 Å². The molecule has 0 radical (unpaired) electrons. The summed E-state index contributed by atoms with van der Waals surface area (Å²) in [6.45, 7) is 4.03. The Labute approximate surface area is 165 Å². The van der Waals surface area contributed by atoms with Crippen LogP contribution in [-0.2, 0) is 0 Å². The summed E-state index contributed by atoms with van der Waals surface area (Å²) in [7, 11) is 1.59. The molecule has 0 aliphatic heterocycles. The van der Waals surface area contributed by atoms with Crippen LogP contribution < -0.4 is 4.74 Å². The minimum Gasteiger partial charge on any atom is -0.505 e. The van der Waals surface area contributed by atoms with Crippen LogP contribution in [0, 0.1) is 11.7 Å². The third-order valence-electron chi connectivity index (χ3n) is 4.60. The Kier molecular flexibility index (Phi) is 7.82. The maximum absolute atomic E-state index is 13.4. The van der Waals surface area contributed by atoms with Gasteiger partial charge >= 0.3 is 0 Å². The zero-order valence-electron chi connectivity index (χ0n) is 16.4. The van der Waals surface area contributed by atoms with Crippen LogP contribution in [0.15, 0.2) is 59.8 Å². The van der Waals surface area contributed by atoms with Gasteiger partial charge in [0.25, 0.3) is 0 Å². The van der Waals surface area contributed by atoms with E-state index in [1.165, 1.54) is 12.1 Å². The molecule has 0 aliphatic rings. The molecule has 0 saturated carbocycles. The zero-order chi connectivity index (χ0) is 20.7. The second kappa shape index (κ2) is 10.1. The molecular weight excluding hydrogens is 359 g/mol. The van der Waals surface area contributed by atoms with Crippen LogP contribution in [0.3, 0.4) is 0 Å². The highest BCUT2D eigenvalue weighted by Gasteiger charge is 2.13. The topological polar surface area (TPSA) is 69.9 Å². The van der Waals surface area contributed by atoms with Crippen molar-refractivity contribution in [3.05, 3.63) is 76.8 Å². The number of hydrogen-bond donors (Lipinski definition) is 3. The monoisotopic (exact) mass is 386 g/mol. The number of aliphatic hydroxyl groups excluding tert-OH is 2. The van der Waals surface area contributed by atoms with Crippen LogP contribution in [0.25, 0.3) is 0 Å². The summed E-state index contributed by atoms with van der Waals surface area (Å²) in [6, 6.07) is 11.1. The molecule has 2 atom stereocenters. The second-order valence-corrected chi connectivity index (χ2v) is 6.98. The fourth-order valence-electron chi connectivity index (χ4n) is 2.78. The summed E-state index contributed by atoms with van der Waals surface area (Å²) in [6.07, 6.45) is 0.803. The highest BCUT2D eigenvalue weighted by atomic mass is 19.1. The third kappa shape index (κ3) is 5.96. The molecular formula is C23H27FO4. The van der Waals surface area contributed by atoms with Crippen molar-refractivity contribution in [3.63, 3.8) is 0 Å². The summed E-state index contributed by atoms with van der Waals surface area (Å²) in [4.78, 5) is 0.